The number of Topliss-reactive ketones (excluding diaryl/α,β-unsaturated/α-hetero) is 1. The van der Waals surface area contributed by atoms with Gasteiger partial charge in [0, 0.05) is 6.54 Å². The molecule has 1 aromatic carbocycles. The standard InChI is InChI=1S/C17H23N5O2S/c1-12(2)10-22-17(19-20-21-22)25-11-16(24)18-15(13(3)23)9-14-7-5-4-6-8-14/h4-8,12,15H,9-11H2,1-3H3,(H,18,24). The van der Waals surface area contributed by atoms with Gasteiger partial charge in [-0.15, -0.1) is 5.10 Å². The number of tetrazole rings is 1. The highest BCUT2D eigenvalue weighted by Gasteiger charge is 2.18. The minimum atomic E-state index is -0.526. The smallest absolute Gasteiger partial charge is 0.231 e. The van der Waals surface area contributed by atoms with E-state index in [9.17, 15) is 9.59 Å². The van der Waals surface area contributed by atoms with Crippen LogP contribution >= 0.6 is 11.8 Å². The number of thioether (sulfide) groups is 1. The number of nitrogens with one attached hydrogen (secondary N) is 1. The number of ketones is 1. The van der Waals surface area contributed by atoms with E-state index in [4.69, 9.17) is 0 Å². The lowest BCUT2D eigenvalue weighted by Gasteiger charge is -2.16. The van der Waals surface area contributed by atoms with Crippen LogP contribution < -0.4 is 5.32 Å². The number of carbonyl (C=O) groups is 2. The average molecular weight is 361 g/mol. The number of nitrogens with zero attached hydrogens (tertiary/aromatic N) is 4. The molecule has 0 aliphatic rings. The van der Waals surface area contributed by atoms with Crippen molar-refractivity contribution < 1.29 is 9.59 Å². The fourth-order valence-electron chi connectivity index (χ4n) is 2.27. The van der Waals surface area contributed by atoms with Gasteiger partial charge in [-0.05, 0) is 35.3 Å². The normalized spacial score (nSPS) is 12.2. The van der Waals surface area contributed by atoms with Crippen LogP contribution in [-0.2, 0) is 22.6 Å². The molecule has 7 nitrogen and oxygen atoms in total. The van der Waals surface area contributed by atoms with Gasteiger partial charge >= 0.3 is 0 Å². The Hall–Kier alpha value is -2.22. The quantitative estimate of drug-likeness (QED) is 0.684. The van der Waals surface area contributed by atoms with Crippen molar-refractivity contribution in [3.8, 4) is 0 Å². The Morgan fingerprint density at radius 1 is 1.24 bits per heavy atom. The maximum Gasteiger partial charge on any atom is 0.231 e. The van der Waals surface area contributed by atoms with Crippen molar-refractivity contribution in [2.75, 3.05) is 5.75 Å². The lowest BCUT2D eigenvalue weighted by atomic mass is 10.0. The predicted molar refractivity (Wildman–Crippen MR) is 96.1 cm³/mol. The molecular weight excluding hydrogens is 338 g/mol. The van der Waals surface area contributed by atoms with Crippen molar-refractivity contribution in [2.24, 2.45) is 5.92 Å². The zero-order valence-corrected chi connectivity index (χ0v) is 15.5. The van der Waals surface area contributed by atoms with Crippen LogP contribution in [0.1, 0.15) is 26.3 Å². The molecule has 0 bridgehead atoms. The van der Waals surface area contributed by atoms with Crippen LogP contribution in [0.5, 0.6) is 0 Å². The van der Waals surface area contributed by atoms with E-state index >= 15 is 0 Å². The van der Waals surface area contributed by atoms with E-state index in [1.54, 1.807) is 4.68 Å². The highest BCUT2D eigenvalue weighted by Crippen LogP contribution is 2.14. The average Bonchev–Trinajstić information content (AvgIpc) is 2.99. The van der Waals surface area contributed by atoms with Crippen LogP contribution in [0.2, 0.25) is 0 Å². The molecule has 1 atom stereocenters. The Bertz CT molecular complexity index is 702. The lowest BCUT2D eigenvalue weighted by Crippen LogP contribution is -2.42. The largest absolute Gasteiger partial charge is 0.345 e. The Labute approximate surface area is 151 Å². The molecule has 0 saturated heterocycles. The van der Waals surface area contributed by atoms with Gasteiger partial charge in [-0.1, -0.05) is 55.9 Å². The molecule has 134 valence electrons. The first-order valence-corrected chi connectivity index (χ1v) is 9.17. The van der Waals surface area contributed by atoms with Crippen molar-refractivity contribution >= 4 is 23.5 Å². The zero-order chi connectivity index (χ0) is 18.2. The Kier molecular flexibility index (Phi) is 7.12. The van der Waals surface area contributed by atoms with E-state index in [0.717, 1.165) is 5.56 Å². The summed E-state index contributed by atoms with van der Waals surface area (Å²) < 4.78 is 1.69. The van der Waals surface area contributed by atoms with E-state index in [2.05, 4.69) is 34.7 Å². The fraction of sp³-hybridized carbons (Fsp3) is 0.471. The molecule has 25 heavy (non-hydrogen) atoms. The minimum Gasteiger partial charge on any atom is -0.345 e. The van der Waals surface area contributed by atoms with Crippen LogP contribution in [0.15, 0.2) is 35.5 Å². The fourth-order valence-corrected chi connectivity index (χ4v) is 2.97. The molecule has 1 aromatic heterocycles. The predicted octanol–water partition coefficient (Wildman–Crippen LogP) is 1.74. The van der Waals surface area contributed by atoms with Crippen LogP contribution in [0.3, 0.4) is 0 Å². The maximum absolute atomic E-state index is 12.2. The first kappa shape index (κ1) is 19.1. The summed E-state index contributed by atoms with van der Waals surface area (Å²) in [6, 6.07) is 9.11. The van der Waals surface area contributed by atoms with Crippen LogP contribution in [0.25, 0.3) is 0 Å². The van der Waals surface area contributed by atoms with Gasteiger partial charge < -0.3 is 5.32 Å². The Balaban J connectivity index is 1.89. The third-order valence-electron chi connectivity index (χ3n) is 3.48. The van der Waals surface area contributed by atoms with E-state index in [1.807, 2.05) is 30.3 Å². The SMILES string of the molecule is CC(=O)C(Cc1ccccc1)NC(=O)CSc1nnnn1CC(C)C. The molecule has 2 rings (SSSR count). The summed E-state index contributed by atoms with van der Waals surface area (Å²) in [5.74, 6) is 0.300. The molecule has 8 heteroatoms. The van der Waals surface area contributed by atoms with E-state index < -0.39 is 6.04 Å². The van der Waals surface area contributed by atoms with Gasteiger partial charge in [0.25, 0.3) is 0 Å². The lowest BCUT2D eigenvalue weighted by molar-refractivity contribution is -0.125. The van der Waals surface area contributed by atoms with Gasteiger partial charge in [-0.2, -0.15) is 0 Å². The summed E-state index contributed by atoms with van der Waals surface area (Å²) in [5, 5.41) is 14.9. The number of hydrogen-bond donors (Lipinski definition) is 1. The Morgan fingerprint density at radius 3 is 2.60 bits per heavy atom. The van der Waals surface area contributed by atoms with Crippen LogP contribution in [-0.4, -0.2) is 43.7 Å². The molecule has 0 spiro atoms. The summed E-state index contributed by atoms with van der Waals surface area (Å²) in [5.41, 5.74) is 1.01. The van der Waals surface area contributed by atoms with Crippen molar-refractivity contribution in [3.05, 3.63) is 35.9 Å². The van der Waals surface area contributed by atoms with Crippen LogP contribution in [0, 0.1) is 5.92 Å². The highest BCUT2D eigenvalue weighted by atomic mass is 32.2. The summed E-state index contributed by atoms with van der Waals surface area (Å²) >= 11 is 1.27. The first-order valence-electron chi connectivity index (χ1n) is 8.18. The molecular formula is C17H23N5O2S. The molecule has 1 heterocycles. The van der Waals surface area contributed by atoms with Gasteiger partial charge in [0.2, 0.25) is 11.1 Å². The van der Waals surface area contributed by atoms with E-state index in [-0.39, 0.29) is 17.4 Å². The van der Waals surface area contributed by atoms with Gasteiger partial charge in [-0.3, -0.25) is 9.59 Å². The van der Waals surface area contributed by atoms with Crippen molar-refractivity contribution in [3.63, 3.8) is 0 Å². The summed E-state index contributed by atoms with van der Waals surface area (Å²) in [7, 11) is 0. The van der Waals surface area contributed by atoms with Gasteiger partial charge in [0.15, 0.2) is 5.78 Å². The second kappa shape index (κ2) is 9.31. The topological polar surface area (TPSA) is 89.8 Å². The molecule has 1 amide bonds. The van der Waals surface area contributed by atoms with Crippen molar-refractivity contribution in [1.82, 2.24) is 25.5 Å². The third kappa shape index (κ3) is 6.30. The van der Waals surface area contributed by atoms with E-state index in [0.29, 0.717) is 24.0 Å². The molecule has 0 saturated carbocycles. The molecule has 0 fully saturated rings. The molecule has 0 radical (unpaired) electrons. The second-order valence-corrected chi connectivity index (χ2v) is 7.19. The van der Waals surface area contributed by atoms with Gasteiger partial charge in [-0.25, -0.2) is 4.68 Å². The maximum atomic E-state index is 12.2. The first-order chi connectivity index (χ1) is 12.0. The van der Waals surface area contributed by atoms with E-state index in [1.165, 1.54) is 18.7 Å². The number of carbonyl (C=O) groups excluding carboxylic acids is 2. The molecule has 2 aromatic rings. The molecule has 1 unspecified atom stereocenters. The summed E-state index contributed by atoms with van der Waals surface area (Å²) in [6.07, 6.45) is 0.484. The summed E-state index contributed by atoms with van der Waals surface area (Å²) in [4.78, 5) is 24.0. The van der Waals surface area contributed by atoms with Crippen molar-refractivity contribution in [2.45, 2.75) is 44.9 Å². The van der Waals surface area contributed by atoms with Crippen LogP contribution in [0.4, 0.5) is 0 Å². The number of aromatic nitrogens is 4. The summed E-state index contributed by atoms with van der Waals surface area (Å²) in [6.45, 7) is 6.33. The molecule has 1 N–H and O–H groups in total. The van der Waals surface area contributed by atoms with Gasteiger partial charge in [0.05, 0.1) is 11.8 Å². The monoisotopic (exact) mass is 361 g/mol. The number of amides is 1. The number of hydrogen-bond acceptors (Lipinski definition) is 6. The number of rotatable bonds is 9. The Morgan fingerprint density at radius 2 is 1.96 bits per heavy atom. The van der Waals surface area contributed by atoms with Gasteiger partial charge in [0.1, 0.15) is 0 Å². The minimum absolute atomic E-state index is 0.0631. The second-order valence-electron chi connectivity index (χ2n) is 6.25. The molecule has 0 aliphatic heterocycles. The number of benzene rings is 1. The third-order valence-corrected chi connectivity index (χ3v) is 4.44. The highest BCUT2D eigenvalue weighted by molar-refractivity contribution is 7.99. The zero-order valence-electron chi connectivity index (χ0n) is 14.7. The molecule has 0 aliphatic carbocycles. The van der Waals surface area contributed by atoms with Crippen molar-refractivity contribution in [1.29, 1.82) is 0 Å².